The van der Waals surface area contributed by atoms with E-state index in [1.165, 1.54) is 6.08 Å². The van der Waals surface area contributed by atoms with Crippen LogP contribution in [0.3, 0.4) is 0 Å². The molecule has 142 valence electrons. The van der Waals surface area contributed by atoms with Crippen LogP contribution in [0.5, 0.6) is 0 Å². The third-order valence-electron chi connectivity index (χ3n) is 4.39. The minimum Gasteiger partial charge on any atom is -0.456 e. The number of carbonyl (C=O) groups excluding carboxylic acids is 2. The molecule has 1 fully saturated rings. The highest BCUT2D eigenvalue weighted by Crippen LogP contribution is 2.22. The van der Waals surface area contributed by atoms with Gasteiger partial charge in [-0.1, -0.05) is 36.0 Å². The summed E-state index contributed by atoms with van der Waals surface area (Å²) in [5, 5.41) is 9.39. The number of hydrogen-bond acceptors (Lipinski definition) is 5. The van der Waals surface area contributed by atoms with Crippen molar-refractivity contribution in [2.24, 2.45) is 0 Å². The Morgan fingerprint density at radius 3 is 2.81 bits per heavy atom. The third-order valence-corrected chi connectivity index (χ3v) is 4.39. The summed E-state index contributed by atoms with van der Waals surface area (Å²) >= 11 is 0. The predicted molar refractivity (Wildman–Crippen MR) is 99.5 cm³/mol. The number of aliphatic hydroxyl groups is 1. The van der Waals surface area contributed by atoms with E-state index in [-0.39, 0.29) is 24.6 Å². The molecule has 0 radical (unpaired) electrons. The molecule has 1 N–H and O–H groups in total. The molecule has 5 nitrogen and oxygen atoms in total. The van der Waals surface area contributed by atoms with Gasteiger partial charge in [-0.2, -0.15) is 0 Å². The quantitative estimate of drug-likeness (QED) is 0.574. The van der Waals surface area contributed by atoms with Crippen LogP contribution in [0.25, 0.3) is 0 Å². The minimum absolute atomic E-state index is 0.0249. The monoisotopic (exact) mass is 360 g/mol. The van der Waals surface area contributed by atoms with Crippen LogP contribution in [0.1, 0.15) is 45.4 Å². The lowest BCUT2D eigenvalue weighted by molar-refractivity contribution is -0.144. The Morgan fingerprint density at radius 1 is 1.15 bits per heavy atom. The molecule has 2 heterocycles. The number of esters is 1. The van der Waals surface area contributed by atoms with E-state index in [2.05, 4.69) is 0 Å². The van der Waals surface area contributed by atoms with Gasteiger partial charge in [-0.25, -0.2) is 4.79 Å². The first-order valence-electron chi connectivity index (χ1n) is 9.23. The van der Waals surface area contributed by atoms with Crippen molar-refractivity contribution in [1.82, 2.24) is 0 Å². The number of hydrogen-bond donors (Lipinski definition) is 1. The first-order chi connectivity index (χ1) is 12.6. The van der Waals surface area contributed by atoms with Crippen LogP contribution in [-0.2, 0) is 19.1 Å². The second-order valence-corrected chi connectivity index (χ2v) is 6.79. The second-order valence-electron chi connectivity index (χ2n) is 6.79. The Labute approximate surface area is 155 Å². The highest BCUT2D eigenvalue weighted by Gasteiger charge is 2.20. The molecule has 2 aliphatic rings. The Hall–Kier alpha value is -1.98. The first-order valence-corrected chi connectivity index (χ1v) is 9.23. The van der Waals surface area contributed by atoms with E-state index in [0.29, 0.717) is 12.8 Å². The summed E-state index contributed by atoms with van der Waals surface area (Å²) in [6.07, 6.45) is 16.1. The van der Waals surface area contributed by atoms with Crippen molar-refractivity contribution in [1.29, 1.82) is 0 Å². The van der Waals surface area contributed by atoms with Crippen LogP contribution in [0.4, 0.5) is 0 Å². The van der Waals surface area contributed by atoms with E-state index < -0.39 is 12.1 Å². The van der Waals surface area contributed by atoms with Crippen molar-refractivity contribution in [2.75, 3.05) is 6.61 Å². The molecule has 2 aliphatic heterocycles. The van der Waals surface area contributed by atoms with Gasteiger partial charge in [0.25, 0.3) is 0 Å². The maximum Gasteiger partial charge on any atom is 0.331 e. The lowest BCUT2D eigenvalue weighted by Crippen LogP contribution is -2.26. The van der Waals surface area contributed by atoms with E-state index in [4.69, 9.17) is 9.47 Å². The average Bonchev–Trinajstić information content (AvgIpc) is 2.60. The number of ether oxygens (including phenoxy) is 2. The zero-order valence-electron chi connectivity index (χ0n) is 15.3. The van der Waals surface area contributed by atoms with E-state index in [1.807, 2.05) is 25.2 Å². The SMILES string of the molecule is C/C1=C/C=C/C(=O)O[C@H](CO)C/C=C/[C@@H]2CCC[C@H](C/C=C/C(=O)C1)O2. The normalized spacial score (nSPS) is 34.5. The largest absolute Gasteiger partial charge is 0.456 e. The number of rotatable bonds is 1. The molecule has 0 saturated carbocycles. The van der Waals surface area contributed by atoms with Gasteiger partial charge in [0.2, 0.25) is 0 Å². The summed E-state index contributed by atoms with van der Waals surface area (Å²) in [4.78, 5) is 23.8. The number of allylic oxidation sites excluding steroid dienone is 4. The van der Waals surface area contributed by atoms with Crippen LogP contribution in [-0.4, -0.2) is 41.8 Å². The molecule has 26 heavy (non-hydrogen) atoms. The number of ketones is 1. The van der Waals surface area contributed by atoms with Crippen molar-refractivity contribution >= 4 is 11.8 Å². The molecular formula is C21H28O5. The van der Waals surface area contributed by atoms with Crippen LogP contribution in [0.2, 0.25) is 0 Å². The zero-order valence-corrected chi connectivity index (χ0v) is 15.3. The van der Waals surface area contributed by atoms with Gasteiger partial charge >= 0.3 is 5.97 Å². The smallest absolute Gasteiger partial charge is 0.331 e. The van der Waals surface area contributed by atoms with Gasteiger partial charge in [-0.3, -0.25) is 4.79 Å². The summed E-state index contributed by atoms with van der Waals surface area (Å²) in [6, 6.07) is 0. The Bertz CT molecular complexity index is 600. The zero-order chi connectivity index (χ0) is 18.8. The van der Waals surface area contributed by atoms with E-state index in [9.17, 15) is 14.7 Å². The summed E-state index contributed by atoms with van der Waals surface area (Å²) in [7, 11) is 0. The molecule has 0 unspecified atom stereocenters. The molecular weight excluding hydrogens is 332 g/mol. The molecule has 0 aromatic carbocycles. The van der Waals surface area contributed by atoms with Gasteiger partial charge in [-0.05, 0) is 38.7 Å². The van der Waals surface area contributed by atoms with Gasteiger partial charge < -0.3 is 14.6 Å². The molecule has 3 atom stereocenters. The second kappa shape index (κ2) is 10.9. The van der Waals surface area contributed by atoms with Crippen LogP contribution in [0, 0.1) is 0 Å². The number of carbonyl (C=O) groups is 2. The van der Waals surface area contributed by atoms with Crippen molar-refractivity contribution in [3.05, 3.63) is 48.1 Å². The molecule has 5 heteroatoms. The van der Waals surface area contributed by atoms with Gasteiger partial charge in [0.05, 0.1) is 18.8 Å². The number of fused-ring (bicyclic) bond motifs is 2. The molecule has 0 spiro atoms. The molecule has 0 amide bonds. The number of aliphatic hydroxyl groups excluding tert-OH is 1. The highest BCUT2D eigenvalue weighted by molar-refractivity contribution is 5.91. The third kappa shape index (κ3) is 7.50. The topological polar surface area (TPSA) is 72.8 Å². The van der Waals surface area contributed by atoms with Crippen molar-refractivity contribution in [3.8, 4) is 0 Å². The van der Waals surface area contributed by atoms with E-state index in [0.717, 1.165) is 31.3 Å². The Balaban J connectivity index is 2.10. The highest BCUT2D eigenvalue weighted by atomic mass is 16.5. The summed E-state index contributed by atoms with van der Waals surface area (Å²) in [5.41, 5.74) is 0.862. The van der Waals surface area contributed by atoms with E-state index in [1.54, 1.807) is 18.2 Å². The Kier molecular flexibility index (Phi) is 8.51. The summed E-state index contributed by atoms with van der Waals surface area (Å²) in [6.45, 7) is 1.61. The first kappa shape index (κ1) is 20.3. The molecule has 0 aromatic heterocycles. The van der Waals surface area contributed by atoms with Gasteiger partial charge in [0, 0.05) is 18.9 Å². The van der Waals surface area contributed by atoms with Crippen LogP contribution >= 0.6 is 0 Å². The van der Waals surface area contributed by atoms with Gasteiger partial charge in [0.15, 0.2) is 5.78 Å². The lowest BCUT2D eigenvalue weighted by Gasteiger charge is -2.27. The fraction of sp³-hybridized carbons (Fsp3) is 0.524. The molecule has 1 saturated heterocycles. The molecule has 0 aromatic rings. The average molecular weight is 360 g/mol. The standard InChI is InChI=1S/C21H28O5/c1-16-6-2-13-21(24)26-20(15-22)12-5-11-19-10-4-9-18(25-19)8-3-7-17(23)14-16/h2-3,5-7,11,13,18-20,22H,4,8-10,12,14-15H2,1H3/b7-3+,11-5+,13-2+,16-6-/t18-,19-,20-/m0/s1. The lowest BCUT2D eigenvalue weighted by atomic mass is 10.0. The fourth-order valence-electron chi connectivity index (χ4n) is 3.03. The summed E-state index contributed by atoms with van der Waals surface area (Å²) in [5.74, 6) is -0.480. The minimum atomic E-state index is -0.573. The number of cyclic esters (lactones) is 1. The van der Waals surface area contributed by atoms with Crippen molar-refractivity contribution in [2.45, 2.75) is 63.8 Å². The maximum absolute atomic E-state index is 12.0. The fourth-order valence-corrected chi connectivity index (χ4v) is 3.03. The molecule has 0 aliphatic carbocycles. The van der Waals surface area contributed by atoms with Gasteiger partial charge in [-0.15, -0.1) is 0 Å². The maximum atomic E-state index is 12.0. The molecule has 2 rings (SSSR count). The van der Waals surface area contributed by atoms with Crippen molar-refractivity contribution < 1.29 is 24.2 Å². The molecule has 2 bridgehead atoms. The van der Waals surface area contributed by atoms with E-state index >= 15 is 0 Å². The summed E-state index contributed by atoms with van der Waals surface area (Å²) < 4.78 is 11.3. The van der Waals surface area contributed by atoms with Crippen LogP contribution in [0.15, 0.2) is 48.1 Å². The Morgan fingerprint density at radius 2 is 2.00 bits per heavy atom. The van der Waals surface area contributed by atoms with Gasteiger partial charge in [0.1, 0.15) is 6.10 Å². The van der Waals surface area contributed by atoms with Crippen LogP contribution < -0.4 is 0 Å². The predicted octanol–water partition coefficient (Wildman–Crippen LogP) is 3.20. The van der Waals surface area contributed by atoms with Crippen molar-refractivity contribution in [3.63, 3.8) is 0 Å².